The molecular weight excluding hydrogens is 502 g/mol. The van der Waals surface area contributed by atoms with Crippen molar-refractivity contribution in [3.05, 3.63) is 57.3 Å². The largest absolute Gasteiger partial charge is 0.359 e. The lowest BCUT2D eigenvalue weighted by atomic mass is 10.0. The number of nitrogens with zero attached hydrogens (tertiary/aromatic N) is 3. The lowest BCUT2D eigenvalue weighted by Gasteiger charge is -2.32. The molecule has 192 valence electrons. The third-order valence-corrected chi connectivity index (χ3v) is 8.10. The number of benzene rings is 1. The molecular formula is C27H37Cl2FN4S. The summed E-state index contributed by atoms with van der Waals surface area (Å²) in [5, 5.41) is 5.89. The standard InChI is InChI=1S/C27H37Cl2FN4S/c1-3-4-5-6-7-8-9-10-14-34(22(18-31)16-20-12-11-13-21(30)15-20)25-17-23(27(29)35-25)26-24(28)19-32-33(26)2/h11-13,15,17,19,22H,3-10,14,16,18,31H2,1-2H3/t22-/m0/s1. The van der Waals surface area contributed by atoms with E-state index in [1.54, 1.807) is 23.0 Å². The van der Waals surface area contributed by atoms with Gasteiger partial charge in [-0.2, -0.15) is 5.10 Å². The smallest absolute Gasteiger partial charge is 0.123 e. The van der Waals surface area contributed by atoms with E-state index in [0.717, 1.165) is 34.8 Å². The van der Waals surface area contributed by atoms with Gasteiger partial charge < -0.3 is 10.6 Å². The zero-order valence-corrected chi connectivity index (χ0v) is 23.1. The van der Waals surface area contributed by atoms with Crippen LogP contribution in [0.25, 0.3) is 11.3 Å². The highest BCUT2D eigenvalue weighted by Crippen LogP contribution is 2.43. The number of hydrogen-bond acceptors (Lipinski definition) is 4. The van der Waals surface area contributed by atoms with Crippen LogP contribution in [0.5, 0.6) is 0 Å². The van der Waals surface area contributed by atoms with Gasteiger partial charge in [0.15, 0.2) is 0 Å². The van der Waals surface area contributed by atoms with Gasteiger partial charge in [0.2, 0.25) is 0 Å². The quantitative estimate of drug-likeness (QED) is 0.199. The van der Waals surface area contributed by atoms with Gasteiger partial charge in [-0.1, -0.05) is 87.2 Å². The van der Waals surface area contributed by atoms with Crippen LogP contribution in [-0.4, -0.2) is 28.9 Å². The Balaban J connectivity index is 1.77. The molecule has 0 aliphatic carbocycles. The van der Waals surface area contributed by atoms with E-state index >= 15 is 0 Å². The van der Waals surface area contributed by atoms with Crippen molar-refractivity contribution in [1.82, 2.24) is 9.78 Å². The highest BCUT2D eigenvalue weighted by Gasteiger charge is 2.24. The van der Waals surface area contributed by atoms with Crippen molar-refractivity contribution in [2.75, 3.05) is 18.0 Å². The third kappa shape index (κ3) is 7.94. The molecule has 0 amide bonds. The molecule has 2 heterocycles. The summed E-state index contributed by atoms with van der Waals surface area (Å²) < 4.78 is 16.3. The summed E-state index contributed by atoms with van der Waals surface area (Å²) in [6.45, 7) is 3.59. The van der Waals surface area contributed by atoms with E-state index < -0.39 is 0 Å². The Hall–Kier alpha value is -1.60. The van der Waals surface area contributed by atoms with Crippen LogP contribution in [0.1, 0.15) is 63.9 Å². The minimum absolute atomic E-state index is 0.0333. The second kappa shape index (κ2) is 14.2. The molecule has 2 aromatic heterocycles. The summed E-state index contributed by atoms with van der Waals surface area (Å²) in [5.74, 6) is -0.222. The molecule has 1 atom stereocenters. The van der Waals surface area contributed by atoms with Gasteiger partial charge in [-0.15, -0.1) is 11.3 Å². The molecule has 3 rings (SSSR count). The van der Waals surface area contributed by atoms with E-state index in [4.69, 9.17) is 28.9 Å². The molecule has 4 nitrogen and oxygen atoms in total. The first-order valence-corrected chi connectivity index (χ1v) is 14.2. The Bertz CT molecular complexity index is 1030. The monoisotopic (exact) mass is 538 g/mol. The minimum Gasteiger partial charge on any atom is -0.359 e. The molecule has 0 saturated heterocycles. The van der Waals surface area contributed by atoms with Crippen LogP contribution in [-0.2, 0) is 13.5 Å². The van der Waals surface area contributed by atoms with E-state index in [1.165, 1.54) is 62.3 Å². The Labute approximate surface area is 223 Å². The SMILES string of the molecule is CCCCCCCCCCN(c1cc(-c2c(Cl)cnn2C)c(Cl)s1)[C@H](CN)Cc1cccc(F)c1. The Kier molecular flexibility index (Phi) is 11.4. The Morgan fingerprint density at radius 3 is 2.43 bits per heavy atom. The van der Waals surface area contributed by atoms with Gasteiger partial charge in [-0.25, -0.2) is 4.39 Å². The van der Waals surface area contributed by atoms with Crippen LogP contribution in [0, 0.1) is 5.82 Å². The number of rotatable bonds is 15. The first-order valence-electron chi connectivity index (χ1n) is 12.6. The lowest BCUT2D eigenvalue weighted by Crippen LogP contribution is -2.42. The van der Waals surface area contributed by atoms with Gasteiger partial charge in [-0.05, 0) is 36.6 Å². The van der Waals surface area contributed by atoms with Crippen molar-refractivity contribution in [1.29, 1.82) is 0 Å². The fraction of sp³-hybridized carbons (Fsp3) is 0.519. The summed E-state index contributed by atoms with van der Waals surface area (Å²) in [6.07, 6.45) is 12.3. The van der Waals surface area contributed by atoms with Crippen molar-refractivity contribution in [3.63, 3.8) is 0 Å². The number of thiophene rings is 1. The van der Waals surface area contributed by atoms with E-state index in [0.29, 0.717) is 22.3 Å². The van der Waals surface area contributed by atoms with Gasteiger partial charge in [0.25, 0.3) is 0 Å². The summed E-state index contributed by atoms with van der Waals surface area (Å²) in [6, 6.07) is 8.91. The molecule has 0 fully saturated rings. The van der Waals surface area contributed by atoms with Crippen molar-refractivity contribution in [3.8, 4) is 11.3 Å². The molecule has 8 heteroatoms. The summed E-state index contributed by atoms with van der Waals surface area (Å²) >= 11 is 14.7. The number of nitrogens with two attached hydrogens (primary N) is 1. The second-order valence-corrected chi connectivity index (χ2v) is 11.2. The topological polar surface area (TPSA) is 47.1 Å². The first kappa shape index (κ1) is 28.0. The molecule has 0 radical (unpaired) electrons. The lowest BCUT2D eigenvalue weighted by molar-refractivity contribution is 0.543. The molecule has 0 spiro atoms. The number of hydrogen-bond donors (Lipinski definition) is 1. The van der Waals surface area contributed by atoms with Crippen molar-refractivity contribution >= 4 is 39.5 Å². The molecule has 0 saturated carbocycles. The van der Waals surface area contributed by atoms with E-state index in [-0.39, 0.29) is 11.9 Å². The number of halogens is 3. The molecule has 35 heavy (non-hydrogen) atoms. The van der Waals surface area contributed by atoms with Gasteiger partial charge in [0.1, 0.15) is 10.2 Å². The fourth-order valence-electron chi connectivity index (χ4n) is 4.52. The van der Waals surface area contributed by atoms with E-state index in [1.807, 2.05) is 13.1 Å². The molecule has 0 unspecified atom stereocenters. The summed E-state index contributed by atoms with van der Waals surface area (Å²) in [4.78, 5) is 2.35. The summed E-state index contributed by atoms with van der Waals surface area (Å²) in [7, 11) is 1.86. The average Bonchev–Trinajstić information content (AvgIpc) is 3.37. The highest BCUT2D eigenvalue weighted by molar-refractivity contribution is 7.20. The highest BCUT2D eigenvalue weighted by atomic mass is 35.5. The summed E-state index contributed by atoms with van der Waals surface area (Å²) in [5.41, 5.74) is 8.91. The van der Waals surface area contributed by atoms with Gasteiger partial charge in [0.05, 0.1) is 21.9 Å². The number of anilines is 1. The van der Waals surface area contributed by atoms with Crippen molar-refractivity contribution < 1.29 is 4.39 Å². The van der Waals surface area contributed by atoms with Crippen molar-refractivity contribution in [2.45, 2.75) is 70.8 Å². The normalized spacial score (nSPS) is 12.3. The number of unbranched alkanes of at least 4 members (excludes halogenated alkanes) is 7. The molecule has 0 aliphatic rings. The zero-order valence-electron chi connectivity index (χ0n) is 20.8. The minimum atomic E-state index is -0.222. The van der Waals surface area contributed by atoms with E-state index in [9.17, 15) is 4.39 Å². The third-order valence-electron chi connectivity index (χ3n) is 6.43. The van der Waals surface area contributed by atoms with Gasteiger partial charge in [-0.3, -0.25) is 4.68 Å². The van der Waals surface area contributed by atoms with E-state index in [2.05, 4.69) is 23.0 Å². The first-order chi connectivity index (χ1) is 16.9. The molecule has 0 bridgehead atoms. The van der Waals surface area contributed by atoms with Crippen LogP contribution >= 0.6 is 34.5 Å². The second-order valence-electron chi connectivity index (χ2n) is 9.13. The maximum absolute atomic E-state index is 13.9. The van der Waals surface area contributed by atoms with Gasteiger partial charge >= 0.3 is 0 Å². The van der Waals surface area contributed by atoms with Crippen molar-refractivity contribution in [2.24, 2.45) is 12.8 Å². The predicted molar refractivity (Wildman–Crippen MR) is 149 cm³/mol. The van der Waals surface area contributed by atoms with Crippen LogP contribution in [0.2, 0.25) is 9.36 Å². The zero-order chi connectivity index (χ0) is 25.2. The molecule has 2 N–H and O–H groups in total. The maximum Gasteiger partial charge on any atom is 0.123 e. The fourth-order valence-corrected chi connectivity index (χ4v) is 6.15. The number of aryl methyl sites for hydroxylation is 1. The number of aromatic nitrogens is 2. The van der Waals surface area contributed by atoms with Crippen LogP contribution in [0.4, 0.5) is 9.39 Å². The Morgan fingerprint density at radius 2 is 1.80 bits per heavy atom. The molecule has 0 aliphatic heterocycles. The maximum atomic E-state index is 13.9. The Morgan fingerprint density at radius 1 is 1.09 bits per heavy atom. The average molecular weight is 540 g/mol. The van der Waals surface area contributed by atoms with Crippen LogP contribution < -0.4 is 10.6 Å². The molecule has 3 aromatic rings. The predicted octanol–water partition coefficient (Wildman–Crippen LogP) is 8.11. The van der Waals surface area contributed by atoms with Gasteiger partial charge in [0, 0.05) is 31.7 Å². The van der Waals surface area contributed by atoms with Crippen LogP contribution in [0.15, 0.2) is 36.5 Å². The van der Waals surface area contributed by atoms with Crippen LogP contribution in [0.3, 0.4) is 0 Å². The molecule has 1 aromatic carbocycles.